The van der Waals surface area contributed by atoms with Crippen LogP contribution in [0, 0.1) is 0 Å². The van der Waals surface area contributed by atoms with Gasteiger partial charge in [0, 0.05) is 50.4 Å². The Hall–Kier alpha value is -4.90. The SMILES string of the molecule is C=CC(=O)Nc1cc(Nc2ncc3cc(-c4cccc(OC)c4)c(=O)n(C)c3n2)c(OC)cc1N(C)CCN(C)C. The first kappa shape index (κ1) is 29.1. The number of methoxy groups -OCH3 is 2. The molecular formula is C30H35N7O4. The molecule has 0 atom stereocenters. The molecule has 0 aliphatic heterocycles. The van der Waals surface area contributed by atoms with Crippen molar-refractivity contribution in [3.8, 4) is 22.6 Å². The van der Waals surface area contributed by atoms with Gasteiger partial charge in [-0.15, -0.1) is 0 Å². The highest BCUT2D eigenvalue weighted by Gasteiger charge is 2.17. The molecule has 0 aliphatic rings. The highest BCUT2D eigenvalue weighted by molar-refractivity contribution is 6.02. The van der Waals surface area contributed by atoms with Gasteiger partial charge in [-0.1, -0.05) is 18.7 Å². The molecular weight excluding hydrogens is 522 g/mol. The van der Waals surface area contributed by atoms with E-state index in [1.807, 2.05) is 56.4 Å². The van der Waals surface area contributed by atoms with Crippen LogP contribution in [0.3, 0.4) is 0 Å². The molecule has 2 aromatic carbocycles. The summed E-state index contributed by atoms with van der Waals surface area (Å²) in [6.45, 7) is 5.10. The van der Waals surface area contributed by atoms with E-state index in [-0.39, 0.29) is 17.4 Å². The van der Waals surface area contributed by atoms with E-state index in [0.29, 0.717) is 39.5 Å². The van der Waals surface area contributed by atoms with Crippen LogP contribution in [0.25, 0.3) is 22.2 Å². The molecule has 0 saturated carbocycles. The van der Waals surface area contributed by atoms with E-state index in [2.05, 4.69) is 32.1 Å². The summed E-state index contributed by atoms with van der Waals surface area (Å²) in [4.78, 5) is 38.8. The number of pyridine rings is 1. The first-order valence-electron chi connectivity index (χ1n) is 12.9. The number of carbonyl (C=O) groups is 1. The van der Waals surface area contributed by atoms with Crippen LogP contribution in [0.4, 0.5) is 23.0 Å². The van der Waals surface area contributed by atoms with Gasteiger partial charge in [0.25, 0.3) is 5.56 Å². The van der Waals surface area contributed by atoms with Gasteiger partial charge in [0.15, 0.2) is 0 Å². The van der Waals surface area contributed by atoms with Crippen LogP contribution in [0.2, 0.25) is 0 Å². The quantitative estimate of drug-likeness (QED) is 0.265. The number of aromatic nitrogens is 3. The van der Waals surface area contributed by atoms with Gasteiger partial charge in [0.05, 0.1) is 31.3 Å². The number of rotatable bonds is 11. The monoisotopic (exact) mass is 557 g/mol. The van der Waals surface area contributed by atoms with Gasteiger partial charge in [0.1, 0.15) is 17.1 Å². The second-order valence-electron chi connectivity index (χ2n) is 9.74. The Bertz CT molecular complexity index is 1650. The Labute approximate surface area is 239 Å². The molecule has 11 heteroatoms. The number of likely N-dealkylation sites (N-methyl/N-ethyl adjacent to an activating group) is 2. The van der Waals surface area contributed by atoms with Gasteiger partial charge >= 0.3 is 0 Å². The summed E-state index contributed by atoms with van der Waals surface area (Å²) in [6, 6.07) is 12.7. The molecule has 214 valence electrons. The summed E-state index contributed by atoms with van der Waals surface area (Å²) < 4.78 is 12.5. The number of carbonyl (C=O) groups excluding carboxylic acids is 1. The van der Waals surface area contributed by atoms with Gasteiger partial charge in [-0.2, -0.15) is 4.98 Å². The highest BCUT2D eigenvalue weighted by Crippen LogP contribution is 2.38. The smallest absolute Gasteiger partial charge is 0.259 e. The number of hydrogen-bond donors (Lipinski definition) is 2. The van der Waals surface area contributed by atoms with E-state index in [4.69, 9.17) is 9.47 Å². The lowest BCUT2D eigenvalue weighted by Crippen LogP contribution is -2.29. The maximum Gasteiger partial charge on any atom is 0.259 e. The van der Waals surface area contributed by atoms with Gasteiger partial charge in [-0.25, -0.2) is 4.98 Å². The fourth-order valence-electron chi connectivity index (χ4n) is 4.33. The number of hydrogen-bond acceptors (Lipinski definition) is 9. The molecule has 41 heavy (non-hydrogen) atoms. The van der Waals surface area contributed by atoms with Crippen molar-refractivity contribution in [2.45, 2.75) is 0 Å². The molecule has 0 radical (unpaired) electrons. The predicted molar refractivity (Wildman–Crippen MR) is 164 cm³/mol. The lowest BCUT2D eigenvalue weighted by Gasteiger charge is -2.26. The van der Waals surface area contributed by atoms with Crippen molar-refractivity contribution in [1.82, 2.24) is 19.4 Å². The van der Waals surface area contributed by atoms with Crippen molar-refractivity contribution in [3.63, 3.8) is 0 Å². The minimum Gasteiger partial charge on any atom is -0.497 e. The van der Waals surface area contributed by atoms with Gasteiger partial charge in [-0.05, 0) is 50.0 Å². The van der Waals surface area contributed by atoms with Gasteiger partial charge in [0.2, 0.25) is 11.9 Å². The lowest BCUT2D eigenvalue weighted by molar-refractivity contribution is -0.111. The first-order valence-corrected chi connectivity index (χ1v) is 12.9. The van der Waals surface area contributed by atoms with Crippen LogP contribution in [0.1, 0.15) is 0 Å². The summed E-state index contributed by atoms with van der Waals surface area (Å²) in [7, 11) is 10.8. The van der Waals surface area contributed by atoms with Crippen LogP contribution in [0.15, 0.2) is 66.1 Å². The molecule has 0 spiro atoms. The number of anilines is 4. The van der Waals surface area contributed by atoms with Crippen LogP contribution < -0.4 is 30.6 Å². The Morgan fingerprint density at radius 1 is 1.07 bits per heavy atom. The zero-order valence-electron chi connectivity index (χ0n) is 24.2. The highest BCUT2D eigenvalue weighted by atomic mass is 16.5. The third-order valence-corrected chi connectivity index (χ3v) is 6.63. The van der Waals surface area contributed by atoms with Crippen molar-refractivity contribution >= 4 is 40.0 Å². The zero-order chi connectivity index (χ0) is 29.7. The second kappa shape index (κ2) is 12.5. The molecule has 0 saturated heterocycles. The van der Waals surface area contributed by atoms with Crippen LogP contribution in [-0.2, 0) is 11.8 Å². The Balaban J connectivity index is 1.73. The molecule has 0 aliphatic carbocycles. The maximum absolute atomic E-state index is 13.3. The zero-order valence-corrected chi connectivity index (χ0v) is 24.2. The summed E-state index contributed by atoms with van der Waals surface area (Å²) in [5, 5.41) is 6.76. The molecule has 2 aromatic heterocycles. The molecule has 0 bridgehead atoms. The molecule has 11 nitrogen and oxygen atoms in total. The fourth-order valence-corrected chi connectivity index (χ4v) is 4.33. The Morgan fingerprint density at radius 3 is 2.54 bits per heavy atom. The Kier molecular flexibility index (Phi) is 8.88. The normalized spacial score (nSPS) is 10.9. The topological polar surface area (TPSA) is 114 Å². The number of nitrogens with one attached hydrogen (secondary N) is 2. The first-order chi connectivity index (χ1) is 19.6. The van der Waals surface area contributed by atoms with E-state index in [1.54, 1.807) is 39.6 Å². The van der Waals surface area contributed by atoms with E-state index in [0.717, 1.165) is 24.3 Å². The van der Waals surface area contributed by atoms with Gasteiger partial charge in [-0.3, -0.25) is 14.2 Å². The van der Waals surface area contributed by atoms with E-state index in [9.17, 15) is 9.59 Å². The number of ether oxygens (including phenoxy) is 2. The molecule has 4 rings (SSSR count). The summed E-state index contributed by atoms with van der Waals surface area (Å²) in [6.07, 6.45) is 2.87. The lowest BCUT2D eigenvalue weighted by atomic mass is 10.1. The third kappa shape index (κ3) is 6.47. The van der Waals surface area contributed by atoms with E-state index in [1.165, 1.54) is 10.6 Å². The number of nitrogens with zero attached hydrogens (tertiary/aromatic N) is 5. The van der Waals surface area contributed by atoms with Crippen molar-refractivity contribution < 1.29 is 14.3 Å². The van der Waals surface area contributed by atoms with E-state index >= 15 is 0 Å². The van der Waals surface area contributed by atoms with Crippen molar-refractivity contribution in [1.29, 1.82) is 0 Å². The summed E-state index contributed by atoms with van der Waals surface area (Å²) >= 11 is 0. The molecule has 4 aromatic rings. The van der Waals surface area contributed by atoms with Crippen molar-refractivity contribution in [3.05, 3.63) is 71.7 Å². The minimum absolute atomic E-state index is 0.201. The number of benzene rings is 2. The second-order valence-corrected chi connectivity index (χ2v) is 9.74. The van der Waals surface area contributed by atoms with Crippen LogP contribution in [-0.4, -0.2) is 73.8 Å². The van der Waals surface area contributed by atoms with Crippen molar-refractivity contribution in [2.24, 2.45) is 7.05 Å². The largest absolute Gasteiger partial charge is 0.497 e. The predicted octanol–water partition coefficient (Wildman–Crippen LogP) is 3.88. The van der Waals surface area contributed by atoms with E-state index < -0.39 is 0 Å². The number of fused-ring (bicyclic) bond motifs is 1. The van der Waals surface area contributed by atoms with Crippen molar-refractivity contribution in [2.75, 3.05) is 64.0 Å². The fraction of sp³-hybridized carbons (Fsp3) is 0.267. The third-order valence-electron chi connectivity index (χ3n) is 6.63. The number of amides is 1. The van der Waals surface area contributed by atoms with Gasteiger partial charge < -0.3 is 29.9 Å². The minimum atomic E-state index is -0.341. The van der Waals surface area contributed by atoms with Crippen LogP contribution in [0.5, 0.6) is 11.5 Å². The summed E-state index contributed by atoms with van der Waals surface area (Å²) in [5.74, 6) is 1.11. The number of aryl methyl sites for hydroxylation is 1. The molecule has 0 unspecified atom stereocenters. The molecule has 2 heterocycles. The Morgan fingerprint density at radius 2 is 1.85 bits per heavy atom. The average molecular weight is 558 g/mol. The average Bonchev–Trinajstić information content (AvgIpc) is 2.97. The molecule has 0 fully saturated rings. The summed E-state index contributed by atoms with van der Waals surface area (Å²) in [5.41, 5.74) is 3.39. The van der Waals surface area contributed by atoms with Crippen LogP contribution >= 0.6 is 0 Å². The standard InChI is InChI=1S/C30H35N7O4/c1-8-27(38)32-23-16-24(26(41-7)17-25(23)36(4)13-12-35(2)3)33-30-31-18-20-15-22(29(39)37(5)28(20)34-30)19-10-9-11-21(14-19)40-6/h8-11,14-18H,1,12-13H2,2-7H3,(H,32,38)(H,31,33,34). The molecule has 1 amide bonds. The maximum atomic E-state index is 13.3. The molecule has 2 N–H and O–H groups in total.